The van der Waals surface area contributed by atoms with Gasteiger partial charge in [0.15, 0.2) is 0 Å². The molecule has 7 heteroatoms. The Balaban J connectivity index is 1.99. The van der Waals surface area contributed by atoms with Crippen LogP contribution in [0, 0.1) is 0 Å². The van der Waals surface area contributed by atoms with Crippen molar-refractivity contribution in [1.29, 1.82) is 0 Å². The quantitative estimate of drug-likeness (QED) is 0.846. The first-order valence-electron chi connectivity index (χ1n) is 6.08. The zero-order valence-corrected chi connectivity index (χ0v) is 10.9. The van der Waals surface area contributed by atoms with Crippen LogP contribution in [0.1, 0.15) is 23.7 Å². The Hall–Kier alpha value is -2.44. The second-order valence-electron chi connectivity index (χ2n) is 4.06. The van der Waals surface area contributed by atoms with Gasteiger partial charge in [0.1, 0.15) is 0 Å². The third-order valence-corrected chi connectivity index (χ3v) is 2.46. The normalized spacial score (nSPS) is 10.2. The minimum absolute atomic E-state index is 0.195. The van der Waals surface area contributed by atoms with E-state index < -0.39 is 0 Å². The summed E-state index contributed by atoms with van der Waals surface area (Å²) in [7, 11) is 1.64. The molecule has 2 aromatic rings. The van der Waals surface area contributed by atoms with E-state index in [0.717, 1.165) is 18.7 Å². The molecule has 2 rings (SSSR count). The number of carbonyl (C=O) groups excluding carboxylic acids is 1. The molecule has 2 N–H and O–H groups in total. The van der Waals surface area contributed by atoms with E-state index in [0.29, 0.717) is 5.56 Å². The van der Waals surface area contributed by atoms with E-state index >= 15 is 0 Å². The van der Waals surface area contributed by atoms with Gasteiger partial charge in [0.05, 0.1) is 7.05 Å². The molecule has 0 unspecified atom stereocenters. The second-order valence-corrected chi connectivity index (χ2v) is 4.06. The summed E-state index contributed by atoms with van der Waals surface area (Å²) in [5, 5.41) is 17.0. The first-order chi connectivity index (χ1) is 9.19. The van der Waals surface area contributed by atoms with Crippen molar-refractivity contribution in [1.82, 2.24) is 20.2 Å². The Kier molecular flexibility index (Phi) is 4.07. The van der Waals surface area contributed by atoms with Gasteiger partial charge in [-0.3, -0.25) is 10.1 Å². The fraction of sp³-hybridized carbons (Fsp3) is 0.333. The number of nitrogens with one attached hydrogen (secondary N) is 2. The molecule has 0 fully saturated rings. The molecule has 0 bridgehead atoms. The number of hydrogen-bond donors (Lipinski definition) is 2. The Labute approximate surface area is 111 Å². The van der Waals surface area contributed by atoms with Crippen molar-refractivity contribution < 1.29 is 4.79 Å². The molecule has 1 amide bonds. The molecular weight excluding hydrogens is 244 g/mol. The van der Waals surface area contributed by atoms with Crippen LogP contribution in [0.15, 0.2) is 24.3 Å². The van der Waals surface area contributed by atoms with Crippen molar-refractivity contribution in [2.24, 2.45) is 7.05 Å². The fourth-order valence-corrected chi connectivity index (χ4v) is 1.52. The Morgan fingerprint density at radius 1 is 1.32 bits per heavy atom. The van der Waals surface area contributed by atoms with Gasteiger partial charge in [-0.1, -0.05) is 12.0 Å². The fourth-order valence-electron chi connectivity index (χ4n) is 1.52. The average molecular weight is 260 g/mol. The molecule has 100 valence electrons. The number of aryl methyl sites for hydroxylation is 1. The molecule has 1 aromatic carbocycles. The minimum Gasteiger partial charge on any atom is -0.385 e. The van der Waals surface area contributed by atoms with E-state index in [-0.39, 0.29) is 11.9 Å². The molecule has 7 nitrogen and oxygen atoms in total. The summed E-state index contributed by atoms with van der Waals surface area (Å²) in [6.07, 6.45) is 1.06. The highest BCUT2D eigenvalue weighted by molar-refractivity contribution is 6.03. The number of hydrogen-bond acceptors (Lipinski definition) is 5. The van der Waals surface area contributed by atoms with Crippen LogP contribution in [0.3, 0.4) is 0 Å². The monoisotopic (exact) mass is 260 g/mol. The van der Waals surface area contributed by atoms with E-state index in [9.17, 15) is 4.79 Å². The lowest BCUT2D eigenvalue weighted by Crippen LogP contribution is -2.13. The first-order valence-corrected chi connectivity index (χ1v) is 6.08. The number of nitrogens with zero attached hydrogens (tertiary/aromatic N) is 4. The van der Waals surface area contributed by atoms with Crippen molar-refractivity contribution in [2.75, 3.05) is 17.2 Å². The molecule has 0 radical (unpaired) electrons. The van der Waals surface area contributed by atoms with E-state index in [4.69, 9.17) is 0 Å². The van der Waals surface area contributed by atoms with Gasteiger partial charge < -0.3 is 5.32 Å². The summed E-state index contributed by atoms with van der Waals surface area (Å²) in [6.45, 7) is 3.01. The number of carbonyl (C=O) groups is 1. The van der Waals surface area contributed by atoms with Crippen LogP contribution >= 0.6 is 0 Å². The maximum atomic E-state index is 11.9. The molecule has 1 aromatic heterocycles. The van der Waals surface area contributed by atoms with Gasteiger partial charge in [-0.15, -0.1) is 5.10 Å². The Morgan fingerprint density at radius 2 is 2.05 bits per heavy atom. The third-order valence-electron chi connectivity index (χ3n) is 2.46. The summed E-state index contributed by atoms with van der Waals surface area (Å²) >= 11 is 0. The second kappa shape index (κ2) is 5.94. The summed E-state index contributed by atoms with van der Waals surface area (Å²) in [6, 6.07) is 7.25. The summed E-state index contributed by atoms with van der Waals surface area (Å²) in [5.74, 6) is -0.0595. The van der Waals surface area contributed by atoms with Gasteiger partial charge in [-0.2, -0.15) is 4.80 Å². The first kappa shape index (κ1) is 13.0. The predicted molar refractivity (Wildman–Crippen MR) is 72.0 cm³/mol. The number of rotatable bonds is 5. The van der Waals surface area contributed by atoms with Crippen molar-refractivity contribution in [3.63, 3.8) is 0 Å². The molecular formula is C12H16N6O. The van der Waals surface area contributed by atoms with Crippen LogP contribution in [0.4, 0.5) is 11.6 Å². The molecule has 19 heavy (non-hydrogen) atoms. The Morgan fingerprint density at radius 3 is 2.63 bits per heavy atom. The highest BCUT2D eigenvalue weighted by Crippen LogP contribution is 2.10. The largest absolute Gasteiger partial charge is 0.385 e. The zero-order chi connectivity index (χ0) is 13.7. The van der Waals surface area contributed by atoms with Gasteiger partial charge in [0.25, 0.3) is 11.9 Å². The van der Waals surface area contributed by atoms with Crippen LogP contribution < -0.4 is 10.6 Å². The molecule has 0 saturated heterocycles. The van der Waals surface area contributed by atoms with Crippen molar-refractivity contribution in [2.45, 2.75) is 13.3 Å². The van der Waals surface area contributed by atoms with Crippen LogP contribution in [0.25, 0.3) is 0 Å². The number of amides is 1. The molecule has 0 aliphatic carbocycles. The Bertz CT molecular complexity index is 548. The third kappa shape index (κ3) is 3.51. The maximum absolute atomic E-state index is 11.9. The van der Waals surface area contributed by atoms with Crippen molar-refractivity contribution >= 4 is 17.5 Å². The summed E-state index contributed by atoms with van der Waals surface area (Å²) in [4.78, 5) is 13.2. The topological polar surface area (TPSA) is 84.7 Å². The summed E-state index contributed by atoms with van der Waals surface area (Å²) < 4.78 is 0. The minimum atomic E-state index is -0.255. The predicted octanol–water partition coefficient (Wildman–Crippen LogP) is 1.28. The van der Waals surface area contributed by atoms with Gasteiger partial charge in [-0.05, 0) is 35.9 Å². The number of tetrazole rings is 1. The highest BCUT2D eigenvalue weighted by Gasteiger charge is 2.08. The van der Waals surface area contributed by atoms with Gasteiger partial charge in [-0.25, -0.2) is 0 Å². The SMILES string of the molecule is CCCNc1ccc(C(=O)Nc2nnn(C)n2)cc1. The molecule has 0 aliphatic rings. The molecule has 0 atom stereocenters. The van der Waals surface area contributed by atoms with Crippen molar-refractivity contribution in [3.8, 4) is 0 Å². The van der Waals surface area contributed by atoms with Crippen LogP contribution in [-0.2, 0) is 7.05 Å². The average Bonchev–Trinajstić information content (AvgIpc) is 2.82. The van der Waals surface area contributed by atoms with Gasteiger partial charge in [0.2, 0.25) is 0 Å². The summed E-state index contributed by atoms with van der Waals surface area (Å²) in [5.41, 5.74) is 1.55. The molecule has 1 heterocycles. The molecule has 0 saturated carbocycles. The lowest BCUT2D eigenvalue weighted by molar-refractivity contribution is 0.102. The lowest BCUT2D eigenvalue weighted by Gasteiger charge is -2.05. The van der Waals surface area contributed by atoms with Crippen LogP contribution in [0.5, 0.6) is 0 Å². The van der Waals surface area contributed by atoms with Crippen LogP contribution in [-0.4, -0.2) is 32.7 Å². The smallest absolute Gasteiger partial charge is 0.270 e. The molecule has 0 spiro atoms. The van der Waals surface area contributed by atoms with E-state index in [1.54, 1.807) is 19.2 Å². The number of benzene rings is 1. The van der Waals surface area contributed by atoms with Gasteiger partial charge >= 0.3 is 0 Å². The molecule has 0 aliphatic heterocycles. The highest BCUT2D eigenvalue weighted by atomic mass is 16.1. The number of anilines is 2. The van der Waals surface area contributed by atoms with Crippen molar-refractivity contribution in [3.05, 3.63) is 29.8 Å². The standard InChI is InChI=1S/C12H16N6O/c1-3-8-13-10-6-4-9(5-7-10)11(19)14-12-15-17-18(2)16-12/h4-7,13H,3,8H2,1-2H3,(H,14,16,19). The van der Waals surface area contributed by atoms with Gasteiger partial charge in [0, 0.05) is 17.8 Å². The number of aromatic nitrogens is 4. The van der Waals surface area contributed by atoms with Crippen LogP contribution in [0.2, 0.25) is 0 Å². The zero-order valence-electron chi connectivity index (χ0n) is 10.9. The van der Waals surface area contributed by atoms with E-state index in [2.05, 4.69) is 33.0 Å². The maximum Gasteiger partial charge on any atom is 0.270 e. The lowest BCUT2D eigenvalue weighted by atomic mass is 10.2. The van der Waals surface area contributed by atoms with E-state index in [1.807, 2.05) is 12.1 Å². The van der Waals surface area contributed by atoms with E-state index in [1.165, 1.54) is 4.80 Å².